The highest BCUT2D eigenvalue weighted by atomic mass is 35.5. The quantitative estimate of drug-likeness (QED) is 0.337. The van der Waals surface area contributed by atoms with E-state index >= 15 is 0 Å². The van der Waals surface area contributed by atoms with Crippen molar-refractivity contribution < 1.29 is 9.18 Å². The van der Waals surface area contributed by atoms with Crippen molar-refractivity contribution in [2.75, 3.05) is 7.05 Å². The third kappa shape index (κ3) is 4.25. The summed E-state index contributed by atoms with van der Waals surface area (Å²) in [6.45, 7) is 0.252. The van der Waals surface area contributed by atoms with Crippen molar-refractivity contribution in [3.8, 4) is 16.9 Å². The molecule has 8 heteroatoms. The van der Waals surface area contributed by atoms with Gasteiger partial charge in [-0.15, -0.1) is 0 Å². The van der Waals surface area contributed by atoms with E-state index in [1.54, 1.807) is 23.9 Å². The van der Waals surface area contributed by atoms with Crippen LogP contribution in [0.15, 0.2) is 85.3 Å². The summed E-state index contributed by atoms with van der Waals surface area (Å²) in [6, 6.07) is 19.6. The van der Waals surface area contributed by atoms with E-state index in [1.807, 2.05) is 48.7 Å². The minimum Gasteiger partial charge on any atom is -0.337 e. The number of amides is 1. The fourth-order valence-electron chi connectivity index (χ4n) is 3.83. The number of hydrogen-bond donors (Lipinski definition) is 0. The summed E-state index contributed by atoms with van der Waals surface area (Å²) in [7, 11) is 1.67. The van der Waals surface area contributed by atoms with Crippen LogP contribution in [0.5, 0.6) is 0 Å². The van der Waals surface area contributed by atoms with Crippen molar-refractivity contribution in [2.24, 2.45) is 0 Å². The van der Waals surface area contributed by atoms with Crippen LogP contribution >= 0.6 is 11.6 Å². The molecule has 168 valence electrons. The van der Waals surface area contributed by atoms with Crippen molar-refractivity contribution in [1.82, 2.24) is 24.6 Å². The van der Waals surface area contributed by atoms with Crippen molar-refractivity contribution in [3.63, 3.8) is 0 Å². The first-order chi connectivity index (χ1) is 16.5. The normalized spacial score (nSPS) is 11.0. The lowest BCUT2D eigenvalue weighted by molar-refractivity contribution is 0.0786. The second kappa shape index (κ2) is 9.03. The lowest BCUT2D eigenvalue weighted by Gasteiger charge is -2.18. The zero-order valence-corrected chi connectivity index (χ0v) is 18.9. The molecule has 0 spiro atoms. The van der Waals surface area contributed by atoms with Crippen molar-refractivity contribution >= 4 is 28.5 Å². The number of halogens is 2. The van der Waals surface area contributed by atoms with Crippen LogP contribution in [-0.2, 0) is 6.54 Å². The zero-order valence-electron chi connectivity index (χ0n) is 18.2. The van der Waals surface area contributed by atoms with Gasteiger partial charge in [0.1, 0.15) is 11.3 Å². The number of hydrogen-bond acceptors (Lipinski definition) is 4. The summed E-state index contributed by atoms with van der Waals surface area (Å²) in [5.41, 5.74) is 4.17. The molecule has 0 aliphatic carbocycles. The highest BCUT2D eigenvalue weighted by Crippen LogP contribution is 2.27. The SMILES string of the molecule is CN(Cc1cn(-c2ccccc2)nc1-c1ccc(Cl)cc1)C(=O)c1cc(F)cc2nccnc12. The van der Waals surface area contributed by atoms with Gasteiger partial charge in [-0.1, -0.05) is 41.9 Å². The topological polar surface area (TPSA) is 63.9 Å². The number of nitrogens with zero attached hydrogens (tertiary/aromatic N) is 5. The summed E-state index contributed by atoms with van der Waals surface area (Å²) < 4.78 is 16.0. The average Bonchev–Trinajstić information content (AvgIpc) is 3.27. The number of carbonyl (C=O) groups is 1. The number of benzene rings is 3. The van der Waals surface area contributed by atoms with E-state index < -0.39 is 5.82 Å². The van der Waals surface area contributed by atoms with Crippen LogP contribution in [0.2, 0.25) is 5.02 Å². The summed E-state index contributed by atoms with van der Waals surface area (Å²) in [4.78, 5) is 23.2. The fourth-order valence-corrected chi connectivity index (χ4v) is 3.95. The maximum absolute atomic E-state index is 14.2. The molecular formula is C26H19ClFN5O. The highest BCUT2D eigenvalue weighted by molar-refractivity contribution is 6.30. The van der Waals surface area contributed by atoms with Gasteiger partial charge in [-0.05, 0) is 30.3 Å². The Kier molecular flexibility index (Phi) is 5.77. The maximum Gasteiger partial charge on any atom is 0.256 e. The van der Waals surface area contributed by atoms with Crippen LogP contribution in [0.1, 0.15) is 15.9 Å². The molecule has 0 fully saturated rings. The molecule has 0 atom stereocenters. The van der Waals surface area contributed by atoms with Gasteiger partial charge < -0.3 is 4.90 Å². The molecular weight excluding hydrogens is 453 g/mol. The van der Waals surface area contributed by atoms with E-state index in [9.17, 15) is 9.18 Å². The summed E-state index contributed by atoms with van der Waals surface area (Å²) in [6.07, 6.45) is 4.85. The lowest BCUT2D eigenvalue weighted by atomic mass is 10.1. The van der Waals surface area contributed by atoms with Gasteiger partial charge in [-0.3, -0.25) is 14.8 Å². The fraction of sp³-hybridized carbons (Fsp3) is 0.0769. The van der Waals surface area contributed by atoms with Crippen molar-refractivity contribution in [2.45, 2.75) is 6.54 Å². The van der Waals surface area contributed by atoms with Gasteiger partial charge in [0.25, 0.3) is 5.91 Å². The summed E-state index contributed by atoms with van der Waals surface area (Å²) in [5.74, 6) is -0.900. The molecule has 1 amide bonds. The molecule has 3 aromatic carbocycles. The molecule has 0 unspecified atom stereocenters. The van der Waals surface area contributed by atoms with Crippen LogP contribution in [0.3, 0.4) is 0 Å². The monoisotopic (exact) mass is 471 g/mol. The molecule has 2 heterocycles. The molecule has 0 radical (unpaired) electrons. The number of para-hydroxylation sites is 1. The molecule has 5 aromatic rings. The summed E-state index contributed by atoms with van der Waals surface area (Å²) in [5, 5.41) is 5.41. The van der Waals surface area contributed by atoms with Gasteiger partial charge in [0.05, 0.1) is 22.5 Å². The van der Waals surface area contributed by atoms with Gasteiger partial charge >= 0.3 is 0 Å². The first-order valence-electron chi connectivity index (χ1n) is 10.6. The first-order valence-corrected chi connectivity index (χ1v) is 10.9. The average molecular weight is 472 g/mol. The minimum atomic E-state index is -0.538. The van der Waals surface area contributed by atoms with Crippen LogP contribution in [0, 0.1) is 5.82 Å². The standard InChI is InChI=1S/C26H19ClFN5O/c1-32(26(34)22-13-20(28)14-23-25(22)30-12-11-29-23)15-18-16-33(21-5-3-2-4-6-21)31-24(18)17-7-9-19(27)10-8-17/h2-14,16H,15H2,1H3. The molecule has 0 saturated carbocycles. The molecule has 2 aromatic heterocycles. The Balaban J connectivity index is 1.53. The first kappa shape index (κ1) is 21.7. The second-order valence-electron chi connectivity index (χ2n) is 7.83. The molecule has 0 bridgehead atoms. The predicted octanol–water partition coefficient (Wildman–Crippen LogP) is 5.55. The third-order valence-corrected chi connectivity index (χ3v) is 5.70. The van der Waals surface area contributed by atoms with E-state index in [0.717, 1.165) is 22.5 Å². The molecule has 6 nitrogen and oxygen atoms in total. The number of aromatic nitrogens is 4. The van der Waals surface area contributed by atoms with Gasteiger partial charge in [-0.25, -0.2) is 9.07 Å². The van der Waals surface area contributed by atoms with Crippen LogP contribution < -0.4 is 0 Å². The Morgan fingerprint density at radius 1 is 1.03 bits per heavy atom. The Hall–Kier alpha value is -4.10. The Morgan fingerprint density at radius 3 is 2.53 bits per heavy atom. The molecule has 5 rings (SSSR count). The smallest absolute Gasteiger partial charge is 0.256 e. The summed E-state index contributed by atoms with van der Waals surface area (Å²) >= 11 is 6.07. The molecule has 34 heavy (non-hydrogen) atoms. The van der Waals surface area contributed by atoms with Gasteiger partial charge in [-0.2, -0.15) is 5.10 Å². The van der Waals surface area contributed by atoms with Crippen LogP contribution in [-0.4, -0.2) is 37.6 Å². The van der Waals surface area contributed by atoms with Gasteiger partial charge in [0, 0.05) is 54.4 Å². The highest BCUT2D eigenvalue weighted by Gasteiger charge is 2.21. The molecule has 0 saturated heterocycles. The Labute approximate surface area is 200 Å². The lowest BCUT2D eigenvalue weighted by Crippen LogP contribution is -2.26. The van der Waals surface area contributed by atoms with E-state index in [-0.39, 0.29) is 18.0 Å². The molecule has 0 aliphatic heterocycles. The van der Waals surface area contributed by atoms with E-state index in [0.29, 0.717) is 16.1 Å². The predicted molar refractivity (Wildman–Crippen MR) is 129 cm³/mol. The third-order valence-electron chi connectivity index (χ3n) is 5.45. The van der Waals surface area contributed by atoms with Crippen molar-refractivity contribution in [1.29, 1.82) is 0 Å². The molecule has 0 N–H and O–H groups in total. The van der Waals surface area contributed by atoms with E-state index in [2.05, 4.69) is 9.97 Å². The maximum atomic E-state index is 14.2. The van der Waals surface area contributed by atoms with Crippen molar-refractivity contribution in [3.05, 3.63) is 107 Å². The van der Waals surface area contributed by atoms with Gasteiger partial charge in [0.15, 0.2) is 0 Å². The Bertz CT molecular complexity index is 1480. The number of fused-ring (bicyclic) bond motifs is 1. The van der Waals surface area contributed by atoms with Crippen LogP contribution in [0.4, 0.5) is 4.39 Å². The second-order valence-corrected chi connectivity index (χ2v) is 8.27. The van der Waals surface area contributed by atoms with Crippen LogP contribution in [0.25, 0.3) is 28.0 Å². The van der Waals surface area contributed by atoms with E-state index in [1.165, 1.54) is 29.4 Å². The minimum absolute atomic E-state index is 0.161. The number of carbonyl (C=O) groups excluding carboxylic acids is 1. The Morgan fingerprint density at radius 2 is 1.76 bits per heavy atom. The molecule has 0 aliphatic rings. The zero-order chi connectivity index (χ0) is 23.7. The largest absolute Gasteiger partial charge is 0.337 e. The van der Waals surface area contributed by atoms with E-state index in [4.69, 9.17) is 16.7 Å². The van der Waals surface area contributed by atoms with Gasteiger partial charge in [0.2, 0.25) is 0 Å². The number of rotatable bonds is 5.